The normalized spacial score (nSPS) is 12.3. The molecule has 3 rings (SSSR count). The van der Waals surface area contributed by atoms with Gasteiger partial charge in [-0.3, -0.25) is 9.69 Å². The highest BCUT2D eigenvalue weighted by Crippen LogP contribution is 2.20. The number of aldehydes is 1. The van der Waals surface area contributed by atoms with Crippen LogP contribution in [0.15, 0.2) is 58.5 Å². The molecule has 5 nitrogen and oxygen atoms in total. The zero-order valence-electron chi connectivity index (χ0n) is 15.2. The Morgan fingerprint density at radius 1 is 1.22 bits per heavy atom. The van der Waals surface area contributed by atoms with Crippen LogP contribution in [0.25, 0.3) is 0 Å². The number of hydrogen-bond acceptors (Lipinski definition) is 6. The van der Waals surface area contributed by atoms with E-state index in [1.54, 1.807) is 41.9 Å². The van der Waals surface area contributed by atoms with Crippen LogP contribution in [-0.4, -0.2) is 35.5 Å². The molecule has 142 valence electrons. The second-order valence-corrected chi connectivity index (χ2v) is 7.40. The summed E-state index contributed by atoms with van der Waals surface area (Å²) in [5.74, 6) is 1.34. The zero-order chi connectivity index (χ0) is 19.1. The van der Waals surface area contributed by atoms with Crippen molar-refractivity contribution in [1.29, 1.82) is 0 Å². The number of benzene rings is 1. The highest BCUT2D eigenvalue weighted by Gasteiger charge is 2.17. The lowest BCUT2D eigenvalue weighted by Crippen LogP contribution is -2.35. The second kappa shape index (κ2) is 9.50. The van der Waals surface area contributed by atoms with Gasteiger partial charge in [-0.05, 0) is 48.2 Å². The number of thiophene rings is 1. The molecule has 2 heterocycles. The average molecular weight is 385 g/mol. The van der Waals surface area contributed by atoms with E-state index in [-0.39, 0.29) is 6.61 Å². The SMILES string of the molecule is Cc1ccsc1CN(Cc1ccco1)CC(O)COc1ccccc1C=O. The highest BCUT2D eigenvalue weighted by molar-refractivity contribution is 7.10. The van der Waals surface area contributed by atoms with E-state index in [1.807, 2.05) is 12.1 Å². The minimum Gasteiger partial charge on any atom is -0.490 e. The van der Waals surface area contributed by atoms with Crippen molar-refractivity contribution in [2.24, 2.45) is 0 Å². The lowest BCUT2D eigenvalue weighted by Gasteiger charge is -2.24. The third kappa shape index (κ3) is 5.53. The summed E-state index contributed by atoms with van der Waals surface area (Å²) >= 11 is 1.71. The summed E-state index contributed by atoms with van der Waals surface area (Å²) in [6.07, 6.45) is 1.71. The molecule has 0 aliphatic heterocycles. The van der Waals surface area contributed by atoms with E-state index >= 15 is 0 Å². The number of furan rings is 1. The summed E-state index contributed by atoms with van der Waals surface area (Å²) in [5.41, 5.74) is 1.72. The molecule has 0 radical (unpaired) electrons. The van der Waals surface area contributed by atoms with Gasteiger partial charge in [0.25, 0.3) is 0 Å². The molecular weight excluding hydrogens is 362 g/mol. The van der Waals surface area contributed by atoms with Crippen LogP contribution in [0, 0.1) is 6.92 Å². The van der Waals surface area contributed by atoms with Gasteiger partial charge in [0.15, 0.2) is 6.29 Å². The van der Waals surface area contributed by atoms with Gasteiger partial charge in [0.05, 0.1) is 18.4 Å². The molecule has 0 bridgehead atoms. The summed E-state index contributed by atoms with van der Waals surface area (Å²) in [5, 5.41) is 12.6. The van der Waals surface area contributed by atoms with Gasteiger partial charge in [-0.15, -0.1) is 11.3 Å². The molecule has 0 amide bonds. The Labute approximate surface area is 162 Å². The van der Waals surface area contributed by atoms with Gasteiger partial charge in [0, 0.05) is 18.0 Å². The summed E-state index contributed by atoms with van der Waals surface area (Å²) in [6, 6.07) is 12.9. The van der Waals surface area contributed by atoms with Crippen molar-refractivity contribution in [2.75, 3.05) is 13.2 Å². The van der Waals surface area contributed by atoms with E-state index in [2.05, 4.69) is 23.3 Å². The number of para-hydroxylation sites is 1. The number of carbonyl (C=O) groups excluding carboxylic acids is 1. The Kier molecular flexibility index (Phi) is 6.81. The van der Waals surface area contributed by atoms with Crippen molar-refractivity contribution >= 4 is 17.6 Å². The lowest BCUT2D eigenvalue weighted by molar-refractivity contribution is 0.0604. The van der Waals surface area contributed by atoms with E-state index in [9.17, 15) is 9.90 Å². The first-order chi connectivity index (χ1) is 13.2. The van der Waals surface area contributed by atoms with Crippen LogP contribution in [-0.2, 0) is 13.1 Å². The van der Waals surface area contributed by atoms with Crippen molar-refractivity contribution in [3.05, 3.63) is 75.9 Å². The molecule has 0 aliphatic rings. The fourth-order valence-corrected chi connectivity index (χ4v) is 3.77. The standard InChI is InChI=1S/C21H23NO4S/c1-16-8-10-27-21(16)13-22(12-19-6-4-9-25-19)11-18(24)15-26-20-7-3-2-5-17(20)14-23/h2-10,14,18,24H,11-13,15H2,1H3. The third-order valence-corrected chi connectivity index (χ3v) is 5.25. The monoisotopic (exact) mass is 385 g/mol. The Morgan fingerprint density at radius 3 is 2.78 bits per heavy atom. The molecule has 0 aliphatic carbocycles. The minimum absolute atomic E-state index is 0.114. The molecule has 0 saturated carbocycles. The topological polar surface area (TPSA) is 62.9 Å². The zero-order valence-corrected chi connectivity index (χ0v) is 16.0. The number of hydrogen-bond donors (Lipinski definition) is 1. The first-order valence-electron chi connectivity index (χ1n) is 8.78. The van der Waals surface area contributed by atoms with Gasteiger partial charge in [0.1, 0.15) is 24.2 Å². The van der Waals surface area contributed by atoms with Crippen LogP contribution in [0.3, 0.4) is 0 Å². The van der Waals surface area contributed by atoms with Crippen LogP contribution < -0.4 is 4.74 Å². The third-order valence-electron chi connectivity index (χ3n) is 4.24. The molecule has 0 saturated heterocycles. The number of carbonyl (C=O) groups is 1. The molecule has 1 unspecified atom stereocenters. The number of rotatable bonds is 10. The van der Waals surface area contributed by atoms with Crippen molar-refractivity contribution in [2.45, 2.75) is 26.1 Å². The number of aryl methyl sites for hydroxylation is 1. The molecule has 3 aromatic rings. The molecule has 2 aromatic heterocycles. The number of aliphatic hydroxyl groups is 1. The molecular formula is C21H23NO4S. The van der Waals surface area contributed by atoms with E-state index in [1.165, 1.54) is 10.4 Å². The fraction of sp³-hybridized carbons (Fsp3) is 0.286. The minimum atomic E-state index is -0.695. The van der Waals surface area contributed by atoms with Crippen LogP contribution >= 0.6 is 11.3 Å². The van der Waals surface area contributed by atoms with Gasteiger partial charge in [-0.1, -0.05) is 12.1 Å². The molecule has 6 heteroatoms. The predicted octanol–water partition coefficient (Wildman–Crippen LogP) is 3.90. The summed E-state index contributed by atoms with van der Waals surface area (Å²) in [7, 11) is 0. The maximum absolute atomic E-state index is 11.1. The predicted molar refractivity (Wildman–Crippen MR) is 105 cm³/mol. The second-order valence-electron chi connectivity index (χ2n) is 6.40. The van der Waals surface area contributed by atoms with Gasteiger partial charge in [0.2, 0.25) is 0 Å². The highest BCUT2D eigenvalue weighted by atomic mass is 32.1. The van der Waals surface area contributed by atoms with Gasteiger partial charge in [-0.25, -0.2) is 0 Å². The Balaban J connectivity index is 1.61. The summed E-state index contributed by atoms with van der Waals surface area (Å²) < 4.78 is 11.1. The number of nitrogens with zero attached hydrogens (tertiary/aromatic N) is 1. The van der Waals surface area contributed by atoms with Crippen molar-refractivity contribution in [3.63, 3.8) is 0 Å². The maximum atomic E-state index is 11.1. The van der Waals surface area contributed by atoms with E-state index in [0.29, 0.717) is 24.4 Å². The van der Waals surface area contributed by atoms with Gasteiger partial charge in [-0.2, -0.15) is 0 Å². The summed E-state index contributed by atoms with van der Waals surface area (Å²) in [4.78, 5) is 14.5. The average Bonchev–Trinajstić information content (AvgIpc) is 3.32. The molecule has 1 aromatic carbocycles. The molecule has 0 spiro atoms. The first-order valence-corrected chi connectivity index (χ1v) is 9.66. The molecule has 0 fully saturated rings. The number of ether oxygens (including phenoxy) is 1. The van der Waals surface area contributed by atoms with Crippen LogP contribution in [0.4, 0.5) is 0 Å². The molecule has 27 heavy (non-hydrogen) atoms. The largest absolute Gasteiger partial charge is 0.490 e. The molecule has 1 N–H and O–H groups in total. The van der Waals surface area contributed by atoms with E-state index in [4.69, 9.17) is 9.15 Å². The van der Waals surface area contributed by atoms with Gasteiger partial charge >= 0.3 is 0 Å². The van der Waals surface area contributed by atoms with E-state index in [0.717, 1.165) is 18.6 Å². The Hall–Kier alpha value is -2.41. The Morgan fingerprint density at radius 2 is 2.07 bits per heavy atom. The van der Waals surface area contributed by atoms with E-state index < -0.39 is 6.10 Å². The Bertz CT molecular complexity index is 844. The lowest BCUT2D eigenvalue weighted by atomic mass is 10.2. The fourth-order valence-electron chi connectivity index (χ4n) is 2.82. The van der Waals surface area contributed by atoms with Crippen molar-refractivity contribution < 1.29 is 19.1 Å². The first kappa shape index (κ1) is 19.4. The van der Waals surface area contributed by atoms with Crippen molar-refractivity contribution in [1.82, 2.24) is 4.90 Å². The van der Waals surface area contributed by atoms with Crippen LogP contribution in [0.1, 0.15) is 26.6 Å². The van der Waals surface area contributed by atoms with Crippen molar-refractivity contribution in [3.8, 4) is 5.75 Å². The maximum Gasteiger partial charge on any atom is 0.153 e. The quantitative estimate of drug-likeness (QED) is 0.536. The smallest absolute Gasteiger partial charge is 0.153 e. The summed E-state index contributed by atoms with van der Waals surface area (Å²) in [6.45, 7) is 3.97. The van der Waals surface area contributed by atoms with Gasteiger partial charge < -0.3 is 14.3 Å². The number of aliphatic hydroxyl groups excluding tert-OH is 1. The van der Waals surface area contributed by atoms with Crippen LogP contribution in [0.5, 0.6) is 5.75 Å². The molecule has 1 atom stereocenters. The van der Waals surface area contributed by atoms with Crippen LogP contribution in [0.2, 0.25) is 0 Å².